The largest absolute Gasteiger partial charge is 0.393 e. The van der Waals surface area contributed by atoms with Gasteiger partial charge in [0.1, 0.15) is 0 Å². The maximum atomic E-state index is 9.90. The molecule has 2 aliphatic rings. The van der Waals surface area contributed by atoms with Crippen LogP contribution in [0.25, 0.3) is 0 Å². The first-order valence-corrected chi connectivity index (χ1v) is 6.22. The molecule has 2 fully saturated rings. The van der Waals surface area contributed by atoms with Gasteiger partial charge in [0.05, 0.1) is 11.8 Å². The van der Waals surface area contributed by atoms with E-state index in [1.54, 1.807) is 12.4 Å². The lowest BCUT2D eigenvalue weighted by molar-refractivity contribution is 0.133. The molecule has 1 aromatic rings. The molecule has 0 bridgehead atoms. The molecular weight excluding hydrogens is 216 g/mol. The summed E-state index contributed by atoms with van der Waals surface area (Å²) in [4.78, 5) is 10.9. The highest BCUT2D eigenvalue weighted by Crippen LogP contribution is 2.39. The number of aromatic nitrogens is 2. The molecule has 3 unspecified atom stereocenters. The van der Waals surface area contributed by atoms with E-state index >= 15 is 0 Å². The SMILES string of the molecule is NCc1nccnc1N1CC2CCC(O)C2C1. The number of fused-ring (bicyclic) bond motifs is 1. The molecule has 1 saturated heterocycles. The summed E-state index contributed by atoms with van der Waals surface area (Å²) in [5.74, 6) is 1.91. The van der Waals surface area contributed by atoms with Crippen LogP contribution < -0.4 is 10.6 Å². The smallest absolute Gasteiger partial charge is 0.151 e. The topological polar surface area (TPSA) is 75.3 Å². The van der Waals surface area contributed by atoms with Gasteiger partial charge in [0.25, 0.3) is 0 Å². The van der Waals surface area contributed by atoms with Gasteiger partial charge in [-0.1, -0.05) is 0 Å². The van der Waals surface area contributed by atoms with Crippen LogP contribution in [-0.4, -0.2) is 34.3 Å². The summed E-state index contributed by atoms with van der Waals surface area (Å²) in [6, 6.07) is 0. The fourth-order valence-corrected chi connectivity index (χ4v) is 3.18. The van der Waals surface area contributed by atoms with Crippen LogP contribution in [0, 0.1) is 11.8 Å². The Labute approximate surface area is 101 Å². The van der Waals surface area contributed by atoms with Gasteiger partial charge in [-0.05, 0) is 18.8 Å². The Morgan fingerprint density at radius 3 is 2.88 bits per heavy atom. The van der Waals surface area contributed by atoms with Gasteiger partial charge in [-0.15, -0.1) is 0 Å². The molecule has 3 atom stereocenters. The van der Waals surface area contributed by atoms with Crippen molar-refractivity contribution < 1.29 is 5.11 Å². The van der Waals surface area contributed by atoms with Crippen LogP contribution in [0.5, 0.6) is 0 Å². The highest BCUT2D eigenvalue weighted by molar-refractivity contribution is 5.44. The predicted octanol–water partition coefficient (Wildman–Crippen LogP) is 0.142. The molecule has 1 aliphatic carbocycles. The van der Waals surface area contributed by atoms with E-state index in [1.165, 1.54) is 0 Å². The second kappa shape index (κ2) is 4.23. The molecule has 1 saturated carbocycles. The molecule has 5 nitrogen and oxygen atoms in total. The maximum Gasteiger partial charge on any atom is 0.151 e. The lowest BCUT2D eigenvalue weighted by Gasteiger charge is -2.20. The molecule has 17 heavy (non-hydrogen) atoms. The van der Waals surface area contributed by atoms with E-state index in [9.17, 15) is 5.11 Å². The van der Waals surface area contributed by atoms with Gasteiger partial charge >= 0.3 is 0 Å². The first kappa shape index (κ1) is 10.9. The Balaban J connectivity index is 1.82. The first-order valence-electron chi connectivity index (χ1n) is 6.22. The number of aliphatic hydroxyl groups is 1. The van der Waals surface area contributed by atoms with Gasteiger partial charge in [-0.2, -0.15) is 0 Å². The highest BCUT2D eigenvalue weighted by atomic mass is 16.3. The zero-order valence-corrected chi connectivity index (χ0v) is 9.79. The third-order valence-corrected chi connectivity index (χ3v) is 4.06. The summed E-state index contributed by atoms with van der Waals surface area (Å²) in [5, 5.41) is 9.90. The second-order valence-corrected chi connectivity index (χ2v) is 5.00. The van der Waals surface area contributed by atoms with E-state index in [2.05, 4.69) is 14.9 Å². The molecule has 0 aromatic carbocycles. The van der Waals surface area contributed by atoms with Crippen LogP contribution in [0.3, 0.4) is 0 Å². The predicted molar refractivity (Wildman–Crippen MR) is 64.4 cm³/mol. The molecule has 3 rings (SSSR count). The average Bonchev–Trinajstić information content (AvgIpc) is 2.92. The molecule has 0 radical (unpaired) electrons. The molecule has 0 spiro atoms. The number of aliphatic hydroxyl groups excluding tert-OH is 1. The van der Waals surface area contributed by atoms with Crippen LogP contribution in [0.15, 0.2) is 12.4 Å². The monoisotopic (exact) mass is 234 g/mol. The third kappa shape index (κ3) is 1.79. The Hall–Kier alpha value is -1.20. The Morgan fingerprint density at radius 1 is 1.29 bits per heavy atom. The van der Waals surface area contributed by atoms with Crippen molar-refractivity contribution in [2.24, 2.45) is 17.6 Å². The number of anilines is 1. The van der Waals surface area contributed by atoms with Crippen LogP contribution >= 0.6 is 0 Å². The van der Waals surface area contributed by atoms with E-state index in [1.807, 2.05) is 0 Å². The lowest BCUT2D eigenvalue weighted by Crippen LogP contribution is -2.26. The van der Waals surface area contributed by atoms with Gasteiger partial charge < -0.3 is 15.7 Å². The van der Waals surface area contributed by atoms with E-state index < -0.39 is 0 Å². The number of nitrogens with zero attached hydrogens (tertiary/aromatic N) is 3. The summed E-state index contributed by atoms with van der Waals surface area (Å²) in [5.41, 5.74) is 6.53. The van der Waals surface area contributed by atoms with Gasteiger partial charge in [-0.3, -0.25) is 4.98 Å². The van der Waals surface area contributed by atoms with Crippen molar-refractivity contribution in [3.63, 3.8) is 0 Å². The molecule has 3 N–H and O–H groups in total. The van der Waals surface area contributed by atoms with Gasteiger partial charge in [0, 0.05) is 37.9 Å². The Kier molecular flexibility index (Phi) is 2.72. The normalized spacial score (nSPS) is 31.9. The van der Waals surface area contributed by atoms with Gasteiger partial charge in [0.2, 0.25) is 0 Å². The number of hydrogen-bond donors (Lipinski definition) is 2. The maximum absolute atomic E-state index is 9.90. The average molecular weight is 234 g/mol. The quantitative estimate of drug-likeness (QED) is 0.761. The zero-order valence-electron chi connectivity index (χ0n) is 9.79. The van der Waals surface area contributed by atoms with E-state index in [-0.39, 0.29) is 6.10 Å². The zero-order chi connectivity index (χ0) is 11.8. The summed E-state index contributed by atoms with van der Waals surface area (Å²) >= 11 is 0. The van der Waals surface area contributed by atoms with Gasteiger partial charge in [-0.25, -0.2) is 4.98 Å². The number of hydrogen-bond acceptors (Lipinski definition) is 5. The molecule has 0 amide bonds. The minimum absolute atomic E-state index is 0.136. The second-order valence-electron chi connectivity index (χ2n) is 5.00. The molecular formula is C12H18N4O. The number of nitrogens with two attached hydrogens (primary N) is 1. The van der Waals surface area contributed by atoms with Crippen molar-refractivity contribution in [2.75, 3.05) is 18.0 Å². The van der Waals surface area contributed by atoms with E-state index in [0.717, 1.165) is 37.4 Å². The Bertz CT molecular complexity index is 411. The molecule has 2 heterocycles. The van der Waals surface area contributed by atoms with Crippen molar-refractivity contribution in [2.45, 2.75) is 25.5 Å². The lowest BCUT2D eigenvalue weighted by atomic mass is 10.00. The molecule has 1 aromatic heterocycles. The van der Waals surface area contributed by atoms with Crippen molar-refractivity contribution in [1.29, 1.82) is 0 Å². The summed E-state index contributed by atoms with van der Waals surface area (Å²) in [6.45, 7) is 2.28. The third-order valence-electron chi connectivity index (χ3n) is 4.06. The van der Waals surface area contributed by atoms with Crippen LogP contribution in [0.4, 0.5) is 5.82 Å². The standard InChI is InChI=1S/C12H18N4O/c13-5-10-12(15-4-3-14-10)16-6-8-1-2-11(17)9(8)7-16/h3-4,8-9,11,17H,1-2,5-7,13H2. The highest BCUT2D eigenvalue weighted by Gasteiger charge is 2.42. The summed E-state index contributed by atoms with van der Waals surface area (Å²) in [7, 11) is 0. The first-order chi connectivity index (χ1) is 8.29. The minimum Gasteiger partial charge on any atom is -0.393 e. The fraction of sp³-hybridized carbons (Fsp3) is 0.667. The minimum atomic E-state index is -0.136. The summed E-state index contributed by atoms with van der Waals surface area (Å²) < 4.78 is 0. The van der Waals surface area contributed by atoms with Crippen molar-refractivity contribution in [3.8, 4) is 0 Å². The number of rotatable bonds is 2. The Morgan fingerprint density at radius 2 is 2.12 bits per heavy atom. The van der Waals surface area contributed by atoms with Crippen molar-refractivity contribution in [1.82, 2.24) is 9.97 Å². The van der Waals surface area contributed by atoms with E-state index in [0.29, 0.717) is 18.4 Å². The van der Waals surface area contributed by atoms with Crippen LogP contribution in [0.2, 0.25) is 0 Å². The molecule has 92 valence electrons. The summed E-state index contributed by atoms with van der Waals surface area (Å²) in [6.07, 6.45) is 5.33. The van der Waals surface area contributed by atoms with Crippen LogP contribution in [-0.2, 0) is 6.54 Å². The van der Waals surface area contributed by atoms with Crippen LogP contribution in [0.1, 0.15) is 18.5 Å². The molecule has 1 aliphatic heterocycles. The van der Waals surface area contributed by atoms with Crippen molar-refractivity contribution >= 4 is 5.82 Å². The van der Waals surface area contributed by atoms with Crippen molar-refractivity contribution in [3.05, 3.63) is 18.1 Å². The van der Waals surface area contributed by atoms with E-state index in [4.69, 9.17) is 5.73 Å². The fourth-order valence-electron chi connectivity index (χ4n) is 3.18. The molecule has 5 heteroatoms. The van der Waals surface area contributed by atoms with Gasteiger partial charge in [0.15, 0.2) is 5.82 Å².